The molecule has 1 heterocycles. The molecule has 17 heavy (non-hydrogen) atoms. The molecule has 2 rings (SSSR count). The van der Waals surface area contributed by atoms with E-state index in [1.165, 1.54) is 12.2 Å². The molecule has 5 nitrogen and oxygen atoms in total. The number of hydrogen-bond acceptors (Lipinski definition) is 3. The molecule has 0 spiro atoms. The van der Waals surface area contributed by atoms with Gasteiger partial charge in [-0.25, -0.2) is 0 Å². The normalized spacial score (nSPS) is 18.2. The summed E-state index contributed by atoms with van der Waals surface area (Å²) in [6.45, 7) is 0. The number of benzene rings is 1. The molecular formula is C11H8ClN3O2. The van der Waals surface area contributed by atoms with Crippen molar-refractivity contribution >= 4 is 29.1 Å². The van der Waals surface area contributed by atoms with Gasteiger partial charge in [0.05, 0.1) is 0 Å². The average Bonchev–Trinajstić information content (AvgIpc) is 2.33. The number of rotatable bonds is 2. The molecule has 0 aromatic heterocycles. The summed E-state index contributed by atoms with van der Waals surface area (Å²) in [7, 11) is 0. The lowest BCUT2D eigenvalue weighted by Gasteiger charge is -2.09. The molecule has 0 bridgehead atoms. The Labute approximate surface area is 102 Å². The lowest BCUT2D eigenvalue weighted by atomic mass is 10.2. The number of azo groups is 1. The fourth-order valence-electron chi connectivity index (χ4n) is 1.25. The van der Waals surface area contributed by atoms with E-state index in [0.717, 1.165) is 0 Å². The maximum absolute atomic E-state index is 11.7. The Bertz CT molecular complexity index is 492. The fourth-order valence-corrected chi connectivity index (χ4v) is 1.38. The van der Waals surface area contributed by atoms with Gasteiger partial charge in [-0.2, -0.15) is 5.11 Å². The number of carbonyl (C=O) groups is 2. The van der Waals surface area contributed by atoms with Crippen LogP contribution in [0.1, 0.15) is 0 Å². The summed E-state index contributed by atoms with van der Waals surface area (Å²) in [4.78, 5) is 22.4. The molecule has 1 aliphatic rings. The Kier molecular flexibility index (Phi) is 3.30. The van der Waals surface area contributed by atoms with E-state index in [4.69, 9.17) is 11.6 Å². The van der Waals surface area contributed by atoms with Crippen LogP contribution < -0.4 is 5.32 Å². The first kappa shape index (κ1) is 11.5. The molecule has 1 aliphatic heterocycles. The van der Waals surface area contributed by atoms with Crippen molar-refractivity contribution in [2.24, 2.45) is 10.2 Å². The molecule has 86 valence electrons. The van der Waals surface area contributed by atoms with Crippen LogP contribution in [0.2, 0.25) is 5.02 Å². The molecule has 6 heteroatoms. The summed E-state index contributed by atoms with van der Waals surface area (Å²) in [5, 5.41) is 10.1. The van der Waals surface area contributed by atoms with Crippen molar-refractivity contribution in [3.8, 4) is 0 Å². The Morgan fingerprint density at radius 3 is 2.59 bits per heavy atom. The van der Waals surface area contributed by atoms with Gasteiger partial charge < -0.3 is 5.32 Å². The smallest absolute Gasteiger partial charge is 0.287 e. The monoisotopic (exact) mass is 249 g/mol. The Hall–Kier alpha value is -2.01. The zero-order valence-electron chi connectivity index (χ0n) is 8.63. The Balaban J connectivity index is 2.02. The van der Waals surface area contributed by atoms with Crippen molar-refractivity contribution in [2.75, 3.05) is 5.32 Å². The number of nitrogens with zero attached hydrogens (tertiary/aromatic N) is 2. The molecule has 1 unspecified atom stereocenters. The summed E-state index contributed by atoms with van der Waals surface area (Å²) in [6.07, 6.45) is 2.62. The van der Waals surface area contributed by atoms with Crippen LogP contribution >= 0.6 is 11.6 Å². The molecule has 1 N–H and O–H groups in total. The van der Waals surface area contributed by atoms with Crippen molar-refractivity contribution in [2.45, 2.75) is 6.04 Å². The zero-order valence-corrected chi connectivity index (χ0v) is 9.39. The number of halogens is 1. The highest BCUT2D eigenvalue weighted by Gasteiger charge is 2.18. The Morgan fingerprint density at radius 2 is 2.00 bits per heavy atom. The van der Waals surface area contributed by atoms with Crippen LogP contribution in [0.5, 0.6) is 0 Å². The van der Waals surface area contributed by atoms with E-state index in [1.54, 1.807) is 24.3 Å². The summed E-state index contributed by atoms with van der Waals surface area (Å²) < 4.78 is 0. The second-order valence-electron chi connectivity index (χ2n) is 3.35. The molecule has 0 saturated carbocycles. The van der Waals surface area contributed by atoms with Gasteiger partial charge in [-0.3, -0.25) is 9.59 Å². The standard InChI is InChI=1S/C11H8ClN3O2/c12-7-1-3-8(4-2-7)13-11(17)9-5-6-10(16)15-14-9/h1-6,9H,(H,13,17). The highest BCUT2D eigenvalue weighted by Crippen LogP contribution is 2.14. The fraction of sp³-hybridized carbons (Fsp3) is 0.0909. The maximum Gasteiger partial charge on any atom is 0.287 e. The highest BCUT2D eigenvalue weighted by molar-refractivity contribution is 6.30. The summed E-state index contributed by atoms with van der Waals surface area (Å²) in [6, 6.07) is 5.92. The molecule has 2 amide bonds. The number of nitrogens with one attached hydrogen (secondary N) is 1. The summed E-state index contributed by atoms with van der Waals surface area (Å²) in [5.41, 5.74) is 0.611. The zero-order chi connectivity index (χ0) is 12.3. The van der Waals surface area contributed by atoms with E-state index in [0.29, 0.717) is 10.7 Å². The van der Waals surface area contributed by atoms with Gasteiger partial charge in [0, 0.05) is 16.8 Å². The van der Waals surface area contributed by atoms with E-state index in [-0.39, 0.29) is 5.91 Å². The van der Waals surface area contributed by atoms with Crippen LogP contribution in [0.15, 0.2) is 46.6 Å². The lowest BCUT2D eigenvalue weighted by Crippen LogP contribution is -2.25. The summed E-state index contributed by atoms with van der Waals surface area (Å²) >= 11 is 5.72. The largest absolute Gasteiger partial charge is 0.324 e. The minimum atomic E-state index is -0.761. The van der Waals surface area contributed by atoms with Gasteiger partial charge in [-0.05, 0) is 30.3 Å². The summed E-state index contributed by atoms with van der Waals surface area (Å²) in [5.74, 6) is -0.805. The van der Waals surface area contributed by atoms with E-state index in [1.807, 2.05) is 0 Å². The van der Waals surface area contributed by atoms with E-state index in [2.05, 4.69) is 15.5 Å². The van der Waals surface area contributed by atoms with Crippen LogP contribution in [0.25, 0.3) is 0 Å². The van der Waals surface area contributed by atoms with Crippen LogP contribution in [0.4, 0.5) is 5.69 Å². The van der Waals surface area contributed by atoms with Gasteiger partial charge in [-0.1, -0.05) is 11.6 Å². The van der Waals surface area contributed by atoms with Crippen molar-refractivity contribution in [3.63, 3.8) is 0 Å². The lowest BCUT2D eigenvalue weighted by molar-refractivity contribution is -0.117. The van der Waals surface area contributed by atoms with Gasteiger partial charge in [0.15, 0.2) is 6.04 Å². The van der Waals surface area contributed by atoms with Gasteiger partial charge in [0.1, 0.15) is 0 Å². The first-order valence-electron chi connectivity index (χ1n) is 4.84. The second-order valence-corrected chi connectivity index (χ2v) is 3.79. The number of hydrogen-bond donors (Lipinski definition) is 1. The second kappa shape index (κ2) is 4.88. The van der Waals surface area contributed by atoms with Crippen LogP contribution in [-0.2, 0) is 9.59 Å². The topological polar surface area (TPSA) is 70.9 Å². The molecule has 0 aliphatic carbocycles. The Morgan fingerprint density at radius 1 is 1.29 bits per heavy atom. The third-order valence-corrected chi connectivity index (χ3v) is 2.33. The predicted molar refractivity (Wildman–Crippen MR) is 62.9 cm³/mol. The number of amides is 2. The van der Waals surface area contributed by atoms with Gasteiger partial charge in [0.2, 0.25) is 0 Å². The van der Waals surface area contributed by atoms with E-state index >= 15 is 0 Å². The third kappa shape index (κ3) is 2.98. The quantitative estimate of drug-likeness (QED) is 0.873. The first-order chi connectivity index (χ1) is 8.15. The van der Waals surface area contributed by atoms with Crippen LogP contribution in [0, 0.1) is 0 Å². The molecular weight excluding hydrogens is 242 g/mol. The average molecular weight is 250 g/mol. The first-order valence-corrected chi connectivity index (χ1v) is 5.22. The van der Waals surface area contributed by atoms with Crippen LogP contribution in [-0.4, -0.2) is 17.9 Å². The van der Waals surface area contributed by atoms with Gasteiger partial charge >= 0.3 is 0 Å². The van der Waals surface area contributed by atoms with Crippen molar-refractivity contribution in [3.05, 3.63) is 41.4 Å². The van der Waals surface area contributed by atoms with E-state index in [9.17, 15) is 9.59 Å². The molecule has 0 radical (unpaired) electrons. The van der Waals surface area contributed by atoms with E-state index < -0.39 is 11.9 Å². The number of carbonyl (C=O) groups excluding carboxylic acids is 2. The minimum Gasteiger partial charge on any atom is -0.324 e. The molecule has 1 aromatic rings. The molecule has 1 aromatic carbocycles. The third-order valence-electron chi connectivity index (χ3n) is 2.08. The van der Waals surface area contributed by atoms with Crippen LogP contribution in [0.3, 0.4) is 0 Å². The van der Waals surface area contributed by atoms with Gasteiger partial charge in [-0.15, -0.1) is 5.11 Å². The van der Waals surface area contributed by atoms with Crippen molar-refractivity contribution in [1.82, 2.24) is 0 Å². The maximum atomic E-state index is 11.7. The molecule has 0 fully saturated rings. The minimum absolute atomic E-state index is 0.347. The molecule has 0 saturated heterocycles. The SMILES string of the molecule is O=C1C=CC(C(=O)Nc2ccc(Cl)cc2)N=N1. The highest BCUT2D eigenvalue weighted by atomic mass is 35.5. The predicted octanol–water partition coefficient (Wildman–Crippen LogP) is 2.20. The van der Waals surface area contributed by atoms with Crippen molar-refractivity contribution in [1.29, 1.82) is 0 Å². The molecule has 1 atom stereocenters. The van der Waals surface area contributed by atoms with Crippen molar-refractivity contribution < 1.29 is 9.59 Å². The van der Waals surface area contributed by atoms with Gasteiger partial charge in [0.25, 0.3) is 11.8 Å². The number of anilines is 1.